The van der Waals surface area contributed by atoms with Gasteiger partial charge < -0.3 is 14.1 Å². The molecule has 2 heterocycles. The SMILES string of the molecule is COC(=O)c1cc(CN2CCN(c3cc(Cl)ccc3C)CC2)oc1C. The van der Waals surface area contributed by atoms with Crippen molar-refractivity contribution < 1.29 is 13.9 Å². The van der Waals surface area contributed by atoms with Gasteiger partial charge in [0.2, 0.25) is 0 Å². The lowest BCUT2D eigenvalue weighted by Gasteiger charge is -2.36. The Morgan fingerprint density at radius 3 is 2.60 bits per heavy atom. The molecule has 1 fully saturated rings. The molecular formula is C19H23ClN2O3. The fourth-order valence-electron chi connectivity index (χ4n) is 3.22. The van der Waals surface area contributed by atoms with E-state index in [2.05, 4.69) is 22.8 Å². The van der Waals surface area contributed by atoms with Gasteiger partial charge in [0.05, 0.1) is 13.7 Å². The fourth-order valence-corrected chi connectivity index (χ4v) is 3.39. The van der Waals surface area contributed by atoms with Crippen LogP contribution in [0.25, 0.3) is 0 Å². The van der Waals surface area contributed by atoms with Gasteiger partial charge in [0.1, 0.15) is 17.1 Å². The van der Waals surface area contributed by atoms with Gasteiger partial charge >= 0.3 is 5.97 Å². The molecule has 3 rings (SSSR count). The van der Waals surface area contributed by atoms with E-state index in [0.717, 1.165) is 37.0 Å². The minimum Gasteiger partial charge on any atom is -0.465 e. The van der Waals surface area contributed by atoms with Crippen LogP contribution in [0.15, 0.2) is 28.7 Å². The maximum Gasteiger partial charge on any atom is 0.341 e. The molecule has 25 heavy (non-hydrogen) atoms. The molecule has 1 aromatic carbocycles. The van der Waals surface area contributed by atoms with Crippen molar-refractivity contribution in [2.24, 2.45) is 0 Å². The van der Waals surface area contributed by atoms with Crippen LogP contribution in [0.3, 0.4) is 0 Å². The zero-order valence-electron chi connectivity index (χ0n) is 14.8. The van der Waals surface area contributed by atoms with Crippen molar-refractivity contribution in [3.05, 3.63) is 51.9 Å². The minimum atomic E-state index is -0.353. The van der Waals surface area contributed by atoms with E-state index in [0.29, 0.717) is 17.9 Å². The summed E-state index contributed by atoms with van der Waals surface area (Å²) in [6.45, 7) is 8.32. The molecule has 0 aliphatic carbocycles. The highest BCUT2D eigenvalue weighted by molar-refractivity contribution is 6.30. The summed E-state index contributed by atoms with van der Waals surface area (Å²) < 4.78 is 10.5. The molecule has 2 aromatic rings. The second kappa shape index (κ2) is 7.50. The second-order valence-electron chi connectivity index (χ2n) is 6.37. The van der Waals surface area contributed by atoms with Crippen LogP contribution >= 0.6 is 11.6 Å². The van der Waals surface area contributed by atoms with Gasteiger partial charge in [-0.15, -0.1) is 0 Å². The highest BCUT2D eigenvalue weighted by Crippen LogP contribution is 2.26. The summed E-state index contributed by atoms with van der Waals surface area (Å²) in [6.07, 6.45) is 0. The maximum absolute atomic E-state index is 11.7. The van der Waals surface area contributed by atoms with Crippen LogP contribution in [0.1, 0.15) is 27.4 Å². The molecule has 1 aliphatic heterocycles. The minimum absolute atomic E-state index is 0.353. The molecule has 6 heteroatoms. The Morgan fingerprint density at radius 2 is 1.92 bits per heavy atom. The van der Waals surface area contributed by atoms with Crippen LogP contribution in [0.5, 0.6) is 0 Å². The van der Waals surface area contributed by atoms with Gasteiger partial charge in [-0.3, -0.25) is 4.90 Å². The van der Waals surface area contributed by atoms with Crippen LogP contribution in [0, 0.1) is 13.8 Å². The number of rotatable bonds is 4. The van der Waals surface area contributed by atoms with Crippen LogP contribution in [0.2, 0.25) is 5.02 Å². The monoisotopic (exact) mass is 362 g/mol. The van der Waals surface area contributed by atoms with Crippen molar-refractivity contribution in [3.63, 3.8) is 0 Å². The molecule has 134 valence electrons. The molecular weight excluding hydrogens is 340 g/mol. The van der Waals surface area contributed by atoms with Crippen LogP contribution in [-0.4, -0.2) is 44.2 Å². The molecule has 0 unspecified atom stereocenters. The Kier molecular flexibility index (Phi) is 5.35. The lowest BCUT2D eigenvalue weighted by molar-refractivity contribution is 0.0599. The summed E-state index contributed by atoms with van der Waals surface area (Å²) >= 11 is 6.14. The van der Waals surface area contributed by atoms with E-state index in [1.165, 1.54) is 18.4 Å². The first kappa shape index (κ1) is 17.8. The number of esters is 1. The number of anilines is 1. The number of halogens is 1. The van der Waals surface area contributed by atoms with E-state index in [-0.39, 0.29) is 5.97 Å². The second-order valence-corrected chi connectivity index (χ2v) is 6.80. The first-order chi connectivity index (χ1) is 12.0. The summed E-state index contributed by atoms with van der Waals surface area (Å²) in [5.41, 5.74) is 2.95. The van der Waals surface area contributed by atoms with Gasteiger partial charge in [0.25, 0.3) is 0 Å². The molecule has 1 aromatic heterocycles. The molecule has 0 radical (unpaired) electrons. The Hall–Kier alpha value is -1.98. The summed E-state index contributed by atoms with van der Waals surface area (Å²) in [5, 5.41) is 0.768. The summed E-state index contributed by atoms with van der Waals surface area (Å²) in [5.74, 6) is 1.05. The Morgan fingerprint density at radius 1 is 1.20 bits per heavy atom. The van der Waals surface area contributed by atoms with Crippen molar-refractivity contribution in [2.75, 3.05) is 38.2 Å². The van der Waals surface area contributed by atoms with Gasteiger partial charge in [-0.2, -0.15) is 0 Å². The number of benzene rings is 1. The Labute approximate surface area is 153 Å². The first-order valence-corrected chi connectivity index (χ1v) is 8.77. The topological polar surface area (TPSA) is 45.9 Å². The third-order valence-electron chi connectivity index (χ3n) is 4.64. The van der Waals surface area contributed by atoms with Gasteiger partial charge in [0, 0.05) is 36.9 Å². The molecule has 0 N–H and O–H groups in total. The largest absolute Gasteiger partial charge is 0.465 e. The smallest absolute Gasteiger partial charge is 0.341 e. The number of methoxy groups -OCH3 is 1. The number of hydrogen-bond donors (Lipinski definition) is 0. The number of nitrogens with zero attached hydrogens (tertiary/aromatic N) is 2. The zero-order chi connectivity index (χ0) is 18.0. The van der Waals surface area contributed by atoms with Crippen molar-refractivity contribution >= 4 is 23.3 Å². The number of ether oxygens (including phenoxy) is 1. The standard InChI is InChI=1S/C19H23ClN2O3/c1-13-4-5-15(20)10-18(13)22-8-6-21(7-9-22)12-16-11-17(14(2)25-16)19(23)24-3/h4-5,10-11H,6-9,12H2,1-3H3. The molecule has 0 spiro atoms. The normalized spacial score (nSPS) is 15.4. The predicted octanol–water partition coefficient (Wildman–Crippen LogP) is 3.66. The van der Waals surface area contributed by atoms with Crippen molar-refractivity contribution in [1.29, 1.82) is 0 Å². The number of hydrogen-bond acceptors (Lipinski definition) is 5. The summed E-state index contributed by atoms with van der Waals surface area (Å²) in [6, 6.07) is 7.80. The Balaban J connectivity index is 1.61. The van der Waals surface area contributed by atoms with E-state index < -0.39 is 0 Å². The lowest BCUT2D eigenvalue weighted by Crippen LogP contribution is -2.46. The molecule has 0 saturated carbocycles. The van der Waals surface area contributed by atoms with Gasteiger partial charge in [-0.05, 0) is 37.6 Å². The van der Waals surface area contributed by atoms with Gasteiger partial charge in [-0.1, -0.05) is 17.7 Å². The predicted molar refractivity (Wildman–Crippen MR) is 98.5 cm³/mol. The number of carbonyl (C=O) groups is 1. The lowest BCUT2D eigenvalue weighted by atomic mass is 10.1. The molecule has 1 saturated heterocycles. The molecule has 1 aliphatic rings. The van der Waals surface area contributed by atoms with E-state index in [1.807, 2.05) is 12.1 Å². The van der Waals surface area contributed by atoms with Crippen molar-refractivity contribution in [3.8, 4) is 0 Å². The van der Waals surface area contributed by atoms with Gasteiger partial charge in [0.15, 0.2) is 0 Å². The quantitative estimate of drug-likeness (QED) is 0.777. The Bertz CT molecular complexity index is 764. The van der Waals surface area contributed by atoms with E-state index >= 15 is 0 Å². The maximum atomic E-state index is 11.7. The third-order valence-corrected chi connectivity index (χ3v) is 4.87. The number of aryl methyl sites for hydroxylation is 2. The highest BCUT2D eigenvalue weighted by Gasteiger charge is 2.21. The highest BCUT2D eigenvalue weighted by atomic mass is 35.5. The van der Waals surface area contributed by atoms with E-state index in [9.17, 15) is 4.79 Å². The fraction of sp³-hybridized carbons (Fsp3) is 0.421. The average Bonchev–Trinajstić information content (AvgIpc) is 2.97. The summed E-state index contributed by atoms with van der Waals surface area (Å²) in [4.78, 5) is 16.4. The van der Waals surface area contributed by atoms with Crippen LogP contribution < -0.4 is 4.90 Å². The number of piperazine rings is 1. The van der Waals surface area contributed by atoms with E-state index in [4.69, 9.17) is 20.8 Å². The third kappa shape index (κ3) is 3.99. The van der Waals surface area contributed by atoms with Crippen molar-refractivity contribution in [1.82, 2.24) is 4.90 Å². The first-order valence-electron chi connectivity index (χ1n) is 8.39. The average molecular weight is 363 g/mol. The zero-order valence-corrected chi connectivity index (χ0v) is 15.6. The molecule has 0 amide bonds. The molecule has 0 atom stereocenters. The van der Waals surface area contributed by atoms with Crippen LogP contribution in [0.4, 0.5) is 5.69 Å². The number of furan rings is 1. The summed E-state index contributed by atoms with van der Waals surface area (Å²) in [7, 11) is 1.38. The van der Waals surface area contributed by atoms with Crippen molar-refractivity contribution in [2.45, 2.75) is 20.4 Å². The van der Waals surface area contributed by atoms with Gasteiger partial charge in [-0.25, -0.2) is 4.79 Å². The number of carbonyl (C=O) groups excluding carboxylic acids is 1. The van der Waals surface area contributed by atoms with E-state index in [1.54, 1.807) is 13.0 Å². The van der Waals surface area contributed by atoms with Crippen LogP contribution in [-0.2, 0) is 11.3 Å². The molecule has 0 bridgehead atoms. The molecule has 5 nitrogen and oxygen atoms in total.